The molecule has 1 heterocycles. The number of carbonyl (C=O) groups is 3. The van der Waals surface area contributed by atoms with Crippen LogP contribution in [0.3, 0.4) is 0 Å². The minimum Gasteiger partial charge on any atom is -0.444 e. The van der Waals surface area contributed by atoms with Crippen LogP contribution >= 0.6 is 0 Å². The molecule has 0 aromatic heterocycles. The van der Waals surface area contributed by atoms with Gasteiger partial charge in [0.2, 0.25) is 5.91 Å². The van der Waals surface area contributed by atoms with Gasteiger partial charge in [-0.3, -0.25) is 9.59 Å². The van der Waals surface area contributed by atoms with Crippen molar-refractivity contribution in [1.82, 2.24) is 10.6 Å². The second-order valence-electron chi connectivity index (χ2n) is 11.9. The van der Waals surface area contributed by atoms with E-state index in [0.717, 1.165) is 31.6 Å². The number of aryl methyl sites for hydroxylation is 1. The van der Waals surface area contributed by atoms with Gasteiger partial charge in [-0.25, -0.2) is 4.79 Å². The van der Waals surface area contributed by atoms with Crippen molar-refractivity contribution in [2.45, 2.75) is 97.2 Å². The molecule has 1 unspecified atom stereocenters. The molecule has 8 heteroatoms. The van der Waals surface area contributed by atoms with Crippen molar-refractivity contribution in [3.05, 3.63) is 60.2 Å². The first kappa shape index (κ1) is 32.7. The van der Waals surface area contributed by atoms with Crippen LogP contribution in [0, 0.1) is 0 Å². The summed E-state index contributed by atoms with van der Waals surface area (Å²) in [5, 5.41) is 5.31. The van der Waals surface area contributed by atoms with Crippen molar-refractivity contribution < 1.29 is 19.1 Å². The number of nitrogens with one attached hydrogen (secondary N) is 2. The molecule has 1 aliphatic heterocycles. The zero-order chi connectivity index (χ0) is 29.8. The number of anilines is 2. The minimum absolute atomic E-state index is 0.107. The molecule has 3 rings (SSSR count). The fourth-order valence-electron chi connectivity index (χ4n) is 4.40. The first-order valence-electron chi connectivity index (χ1n) is 14.2. The first-order valence-corrected chi connectivity index (χ1v) is 14.2. The molecule has 2 amide bonds. The van der Waals surface area contributed by atoms with Gasteiger partial charge in [0.25, 0.3) is 0 Å². The van der Waals surface area contributed by atoms with Gasteiger partial charge >= 0.3 is 6.09 Å². The SMILES string of the molecule is CC(=O)C(CCCc1ccccc1)NC(=O)C(C)(C)NC(=O)OC(C)(C)C.Nc1ccccc1N1CCCCC1. The topological polar surface area (TPSA) is 114 Å². The van der Waals surface area contributed by atoms with Gasteiger partial charge in [0, 0.05) is 13.1 Å². The lowest BCUT2D eigenvalue weighted by Crippen LogP contribution is -2.58. The summed E-state index contributed by atoms with van der Waals surface area (Å²) in [6.07, 6.45) is 5.44. The fourth-order valence-corrected chi connectivity index (χ4v) is 4.40. The van der Waals surface area contributed by atoms with Gasteiger partial charge in [-0.1, -0.05) is 42.5 Å². The van der Waals surface area contributed by atoms with Gasteiger partial charge in [-0.2, -0.15) is 0 Å². The van der Waals surface area contributed by atoms with E-state index in [9.17, 15) is 14.4 Å². The summed E-state index contributed by atoms with van der Waals surface area (Å²) in [6.45, 7) is 12.2. The van der Waals surface area contributed by atoms with Gasteiger partial charge in [0.05, 0.1) is 17.4 Å². The molecule has 1 atom stereocenters. The molecular formula is C32H48N4O4. The summed E-state index contributed by atoms with van der Waals surface area (Å²) in [5.74, 6) is -0.530. The summed E-state index contributed by atoms with van der Waals surface area (Å²) >= 11 is 0. The number of rotatable bonds is 9. The van der Waals surface area contributed by atoms with E-state index in [1.807, 2.05) is 42.5 Å². The second-order valence-corrected chi connectivity index (χ2v) is 11.9. The third-order valence-corrected chi connectivity index (χ3v) is 6.61. The zero-order valence-corrected chi connectivity index (χ0v) is 25.1. The van der Waals surface area contributed by atoms with E-state index in [0.29, 0.717) is 6.42 Å². The third kappa shape index (κ3) is 11.7. The van der Waals surface area contributed by atoms with Crippen molar-refractivity contribution >= 4 is 29.2 Å². The standard InChI is InChI=1S/C21H32N2O4.C11H16N2/c1-15(24)17(14-10-13-16-11-8-7-9-12-16)22-18(25)21(5,6)23-19(26)27-20(2,3)4;12-10-6-2-3-7-11(10)13-8-4-1-5-9-13/h7-9,11-12,17H,10,13-14H2,1-6H3,(H,22,25)(H,23,26);2-3,6-7H,1,4-5,8-9,12H2. The van der Waals surface area contributed by atoms with Crippen molar-refractivity contribution in [2.24, 2.45) is 0 Å². The molecule has 1 aliphatic rings. The Morgan fingerprint density at radius 3 is 2.10 bits per heavy atom. The second kappa shape index (κ2) is 15.3. The largest absolute Gasteiger partial charge is 0.444 e. The van der Waals surface area contributed by atoms with Crippen LogP contribution < -0.4 is 21.3 Å². The number of carbonyl (C=O) groups excluding carboxylic acids is 3. The highest BCUT2D eigenvalue weighted by Gasteiger charge is 2.33. The summed E-state index contributed by atoms with van der Waals surface area (Å²) < 4.78 is 5.19. The summed E-state index contributed by atoms with van der Waals surface area (Å²) in [6, 6.07) is 17.5. The number of benzene rings is 2. The first-order chi connectivity index (χ1) is 18.8. The highest BCUT2D eigenvalue weighted by atomic mass is 16.6. The smallest absolute Gasteiger partial charge is 0.408 e. The lowest BCUT2D eigenvalue weighted by Gasteiger charge is -2.29. The van der Waals surface area contributed by atoms with Crippen LogP contribution in [0.4, 0.5) is 16.2 Å². The Bertz CT molecular complexity index is 1090. The Morgan fingerprint density at radius 1 is 0.925 bits per heavy atom. The van der Waals surface area contributed by atoms with E-state index in [1.165, 1.54) is 37.4 Å². The maximum atomic E-state index is 12.6. The lowest BCUT2D eigenvalue weighted by molar-refractivity contribution is -0.130. The van der Waals surface area contributed by atoms with Crippen LogP contribution in [-0.2, 0) is 20.7 Å². The van der Waals surface area contributed by atoms with Crippen molar-refractivity contribution in [1.29, 1.82) is 0 Å². The summed E-state index contributed by atoms with van der Waals surface area (Å²) in [5.41, 5.74) is 7.36. The number of ketones is 1. The number of amides is 2. The maximum absolute atomic E-state index is 12.6. The minimum atomic E-state index is -1.20. The quantitative estimate of drug-likeness (QED) is 0.347. The van der Waals surface area contributed by atoms with Gasteiger partial charge in [-0.15, -0.1) is 0 Å². The molecule has 220 valence electrons. The molecule has 0 radical (unpaired) electrons. The average Bonchev–Trinajstić information content (AvgIpc) is 2.88. The highest BCUT2D eigenvalue weighted by Crippen LogP contribution is 2.25. The molecule has 40 heavy (non-hydrogen) atoms. The monoisotopic (exact) mass is 552 g/mol. The van der Waals surface area contributed by atoms with E-state index in [-0.39, 0.29) is 5.78 Å². The molecule has 1 fully saturated rings. The third-order valence-electron chi connectivity index (χ3n) is 6.61. The molecular weight excluding hydrogens is 504 g/mol. The predicted octanol–water partition coefficient (Wildman–Crippen LogP) is 5.65. The number of para-hydroxylation sites is 2. The molecule has 0 spiro atoms. The van der Waals surface area contributed by atoms with E-state index >= 15 is 0 Å². The molecule has 4 N–H and O–H groups in total. The van der Waals surface area contributed by atoms with Gasteiger partial charge in [0.15, 0.2) is 5.78 Å². The fraction of sp³-hybridized carbons (Fsp3) is 0.531. The Kier molecular flexibility index (Phi) is 12.5. The van der Waals surface area contributed by atoms with Crippen molar-refractivity contribution in [2.75, 3.05) is 23.7 Å². The van der Waals surface area contributed by atoms with E-state index in [4.69, 9.17) is 10.5 Å². The van der Waals surface area contributed by atoms with Crippen LogP contribution in [0.1, 0.15) is 79.2 Å². The summed E-state index contributed by atoms with van der Waals surface area (Å²) in [4.78, 5) is 38.8. The van der Waals surface area contributed by atoms with E-state index in [2.05, 4.69) is 27.7 Å². The summed E-state index contributed by atoms with van der Waals surface area (Å²) in [7, 11) is 0. The van der Waals surface area contributed by atoms with Crippen LogP contribution in [0.25, 0.3) is 0 Å². The number of piperidine rings is 1. The number of ether oxygens (including phenoxy) is 1. The molecule has 0 bridgehead atoms. The number of nitrogen functional groups attached to an aromatic ring is 1. The number of alkyl carbamates (subject to hydrolysis) is 1. The van der Waals surface area contributed by atoms with Crippen molar-refractivity contribution in [3.63, 3.8) is 0 Å². The van der Waals surface area contributed by atoms with Crippen LogP contribution in [0.5, 0.6) is 0 Å². The van der Waals surface area contributed by atoms with Crippen molar-refractivity contribution in [3.8, 4) is 0 Å². The van der Waals surface area contributed by atoms with E-state index in [1.54, 1.807) is 34.6 Å². The highest BCUT2D eigenvalue weighted by molar-refractivity contribution is 5.93. The average molecular weight is 553 g/mol. The predicted molar refractivity (Wildman–Crippen MR) is 162 cm³/mol. The molecule has 0 saturated carbocycles. The van der Waals surface area contributed by atoms with Crippen LogP contribution in [0.15, 0.2) is 54.6 Å². The van der Waals surface area contributed by atoms with E-state index < -0.39 is 29.2 Å². The van der Waals surface area contributed by atoms with Gasteiger partial charge < -0.3 is 26.0 Å². The number of nitrogens with two attached hydrogens (primary N) is 1. The number of hydrogen-bond acceptors (Lipinski definition) is 6. The molecule has 2 aromatic rings. The molecule has 2 aromatic carbocycles. The number of Topliss-reactive ketones (excluding diaryl/α,β-unsaturated/α-hetero) is 1. The molecule has 8 nitrogen and oxygen atoms in total. The molecule has 0 aliphatic carbocycles. The Labute approximate surface area is 240 Å². The van der Waals surface area contributed by atoms with Crippen LogP contribution in [-0.4, -0.2) is 48.1 Å². The maximum Gasteiger partial charge on any atom is 0.408 e. The molecule has 1 saturated heterocycles. The zero-order valence-electron chi connectivity index (χ0n) is 25.1. The lowest BCUT2D eigenvalue weighted by atomic mass is 10.00. The number of nitrogens with zero attached hydrogens (tertiary/aromatic N) is 1. The Balaban J connectivity index is 0.000000355. The number of hydrogen-bond donors (Lipinski definition) is 3. The van der Waals surface area contributed by atoms with Gasteiger partial charge in [0.1, 0.15) is 11.1 Å². The van der Waals surface area contributed by atoms with Gasteiger partial charge in [-0.05, 0) is 97.8 Å². The van der Waals surface area contributed by atoms with Crippen LogP contribution in [0.2, 0.25) is 0 Å². The Morgan fingerprint density at radius 2 is 1.52 bits per heavy atom. The normalized spacial score (nSPS) is 14.3. The Hall–Kier alpha value is -3.55.